The summed E-state index contributed by atoms with van der Waals surface area (Å²) in [7, 11) is 0. The largest absolute Gasteiger partial charge is 0.463 e. The summed E-state index contributed by atoms with van der Waals surface area (Å²) in [5, 5.41) is 0. The number of allylic oxidation sites excluding steroid dienone is 2. The van der Waals surface area contributed by atoms with Gasteiger partial charge in [0.2, 0.25) is 0 Å². The van der Waals surface area contributed by atoms with E-state index in [2.05, 4.69) is 0 Å². The number of ketones is 1. The Hall–Kier alpha value is -3.55. The fourth-order valence-corrected chi connectivity index (χ4v) is 4.56. The first-order valence-corrected chi connectivity index (χ1v) is 10.7. The Kier molecular flexibility index (Phi) is 6.01. The molecule has 2 aromatic rings. The SMILES string of the molecule is CCOC(=O)C1=C(N)N(c2ccccc2C(F)(F)F)C2=C(C(=O)CCC2)[C@@H]1c1ccccc1. The molecule has 8 heteroatoms. The van der Waals surface area contributed by atoms with Gasteiger partial charge in [-0.05, 0) is 37.5 Å². The van der Waals surface area contributed by atoms with Gasteiger partial charge in [-0.2, -0.15) is 13.2 Å². The molecule has 172 valence electrons. The van der Waals surface area contributed by atoms with Crippen LogP contribution in [0.1, 0.15) is 43.2 Å². The van der Waals surface area contributed by atoms with E-state index >= 15 is 0 Å². The van der Waals surface area contributed by atoms with Gasteiger partial charge < -0.3 is 10.5 Å². The second-order valence-corrected chi connectivity index (χ2v) is 7.85. The summed E-state index contributed by atoms with van der Waals surface area (Å²) in [6.45, 7) is 1.68. The predicted octanol–water partition coefficient (Wildman–Crippen LogP) is 5.05. The van der Waals surface area contributed by atoms with Crippen LogP contribution >= 0.6 is 0 Å². The fraction of sp³-hybridized carbons (Fsp3) is 0.280. The van der Waals surface area contributed by atoms with Crippen LogP contribution in [-0.2, 0) is 20.5 Å². The van der Waals surface area contributed by atoms with Crippen molar-refractivity contribution in [1.29, 1.82) is 0 Å². The lowest BCUT2D eigenvalue weighted by Crippen LogP contribution is -2.41. The third kappa shape index (κ3) is 4.01. The highest BCUT2D eigenvalue weighted by atomic mass is 19.4. The molecule has 1 aliphatic heterocycles. The Bertz CT molecular complexity index is 1150. The molecular weight excluding hydrogens is 433 g/mol. The molecule has 0 unspecified atom stereocenters. The number of nitrogens with two attached hydrogens (primary N) is 1. The summed E-state index contributed by atoms with van der Waals surface area (Å²) >= 11 is 0. The van der Waals surface area contributed by atoms with Gasteiger partial charge in [0.1, 0.15) is 5.82 Å². The van der Waals surface area contributed by atoms with E-state index in [1.807, 2.05) is 0 Å². The first kappa shape index (κ1) is 22.6. The Balaban J connectivity index is 2.04. The highest BCUT2D eigenvalue weighted by Gasteiger charge is 2.45. The van der Waals surface area contributed by atoms with Crippen molar-refractivity contribution in [2.24, 2.45) is 5.73 Å². The number of alkyl halides is 3. The van der Waals surface area contributed by atoms with Gasteiger partial charge in [0.25, 0.3) is 0 Å². The summed E-state index contributed by atoms with van der Waals surface area (Å²) in [6, 6.07) is 13.9. The standard InChI is InChI=1S/C25H23F3N2O3/c1-2-33-24(32)22-20(15-9-4-3-5-10-15)21-18(13-8-14-19(21)31)30(23(22)29)17-12-7-6-11-16(17)25(26,27)28/h3-7,9-12,20H,2,8,13-14,29H2,1H3/t20-/m0/s1. The lowest BCUT2D eigenvalue weighted by atomic mass is 9.75. The van der Waals surface area contributed by atoms with Gasteiger partial charge >= 0.3 is 12.1 Å². The van der Waals surface area contributed by atoms with Gasteiger partial charge in [0.05, 0.1) is 29.3 Å². The Labute approximate surface area is 189 Å². The Morgan fingerprint density at radius 1 is 1.09 bits per heavy atom. The molecule has 0 aromatic heterocycles. The van der Waals surface area contributed by atoms with E-state index in [4.69, 9.17) is 10.5 Å². The van der Waals surface area contributed by atoms with Crippen LogP contribution < -0.4 is 10.6 Å². The highest BCUT2D eigenvalue weighted by molar-refractivity contribution is 6.05. The molecule has 33 heavy (non-hydrogen) atoms. The van der Waals surface area contributed by atoms with Crippen molar-refractivity contribution in [3.63, 3.8) is 0 Å². The van der Waals surface area contributed by atoms with Crippen LogP contribution in [-0.4, -0.2) is 18.4 Å². The minimum Gasteiger partial charge on any atom is -0.463 e. The Morgan fingerprint density at radius 2 is 1.76 bits per heavy atom. The summed E-state index contributed by atoms with van der Waals surface area (Å²) in [4.78, 5) is 27.5. The summed E-state index contributed by atoms with van der Waals surface area (Å²) in [5.74, 6) is -1.95. The van der Waals surface area contributed by atoms with Crippen LogP contribution in [0.5, 0.6) is 0 Å². The first-order valence-electron chi connectivity index (χ1n) is 10.7. The maximum atomic E-state index is 13.9. The van der Waals surface area contributed by atoms with Crippen molar-refractivity contribution in [3.05, 3.63) is 88.4 Å². The molecule has 0 fully saturated rings. The number of nitrogens with zero attached hydrogens (tertiary/aromatic N) is 1. The van der Waals surface area contributed by atoms with Crippen LogP contribution in [0.2, 0.25) is 0 Å². The van der Waals surface area contributed by atoms with Gasteiger partial charge in [-0.1, -0.05) is 42.5 Å². The zero-order valence-corrected chi connectivity index (χ0v) is 18.0. The zero-order chi connectivity index (χ0) is 23.8. The monoisotopic (exact) mass is 456 g/mol. The fourth-order valence-electron chi connectivity index (χ4n) is 4.56. The molecule has 2 aromatic carbocycles. The average Bonchev–Trinajstić information content (AvgIpc) is 2.78. The average molecular weight is 456 g/mol. The lowest BCUT2D eigenvalue weighted by molar-refractivity contribution is -0.139. The van der Waals surface area contributed by atoms with Crippen LogP contribution in [0.3, 0.4) is 0 Å². The van der Waals surface area contributed by atoms with E-state index in [-0.39, 0.29) is 35.9 Å². The maximum Gasteiger partial charge on any atom is 0.418 e. The number of carbonyl (C=O) groups is 2. The summed E-state index contributed by atoms with van der Waals surface area (Å²) in [5.41, 5.74) is 6.64. The number of hydrogen-bond donors (Lipinski definition) is 1. The zero-order valence-electron chi connectivity index (χ0n) is 18.0. The van der Waals surface area contributed by atoms with Crippen molar-refractivity contribution >= 4 is 17.4 Å². The molecule has 1 atom stereocenters. The molecule has 0 amide bonds. The molecule has 2 aliphatic rings. The molecule has 0 radical (unpaired) electrons. The number of rotatable bonds is 4. The van der Waals surface area contributed by atoms with Crippen LogP contribution in [0.4, 0.5) is 18.9 Å². The van der Waals surface area contributed by atoms with Gasteiger partial charge in [-0.25, -0.2) is 4.79 Å². The normalized spacial score (nSPS) is 19.0. The van der Waals surface area contributed by atoms with E-state index in [1.54, 1.807) is 37.3 Å². The van der Waals surface area contributed by atoms with E-state index in [9.17, 15) is 22.8 Å². The quantitative estimate of drug-likeness (QED) is 0.652. The number of Topliss-reactive ketones (excluding diaryl/α,β-unsaturated/α-hetero) is 1. The van der Waals surface area contributed by atoms with Crippen molar-refractivity contribution in [2.75, 3.05) is 11.5 Å². The number of benzene rings is 2. The third-order valence-corrected chi connectivity index (χ3v) is 5.87. The summed E-state index contributed by atoms with van der Waals surface area (Å²) in [6.07, 6.45) is -3.58. The van der Waals surface area contributed by atoms with Crippen LogP contribution in [0.15, 0.2) is 77.3 Å². The molecule has 5 nitrogen and oxygen atoms in total. The van der Waals surface area contributed by atoms with Gasteiger partial charge in [-0.3, -0.25) is 9.69 Å². The summed E-state index contributed by atoms with van der Waals surface area (Å²) < 4.78 is 46.9. The number of anilines is 1. The van der Waals surface area contributed by atoms with E-state index in [0.29, 0.717) is 29.7 Å². The molecule has 0 bridgehead atoms. The minimum absolute atomic E-state index is 0.0333. The van der Waals surface area contributed by atoms with Crippen molar-refractivity contribution < 1.29 is 27.5 Å². The molecule has 1 aliphatic carbocycles. The van der Waals surface area contributed by atoms with E-state index < -0.39 is 23.6 Å². The van der Waals surface area contributed by atoms with E-state index in [0.717, 1.165) is 6.07 Å². The highest BCUT2D eigenvalue weighted by Crippen LogP contribution is 2.48. The Morgan fingerprint density at radius 3 is 2.42 bits per heavy atom. The van der Waals surface area contributed by atoms with Crippen molar-refractivity contribution in [1.82, 2.24) is 0 Å². The number of ether oxygens (including phenoxy) is 1. The second-order valence-electron chi connectivity index (χ2n) is 7.85. The lowest BCUT2D eigenvalue weighted by Gasteiger charge is -2.41. The van der Waals surface area contributed by atoms with Crippen LogP contribution in [0.25, 0.3) is 0 Å². The number of hydrogen-bond acceptors (Lipinski definition) is 5. The van der Waals surface area contributed by atoms with E-state index in [1.165, 1.54) is 23.1 Å². The van der Waals surface area contributed by atoms with Gasteiger partial charge in [0.15, 0.2) is 5.78 Å². The molecular formula is C25H23F3N2O3. The first-order chi connectivity index (χ1) is 15.8. The second kappa shape index (κ2) is 8.77. The topological polar surface area (TPSA) is 72.6 Å². The third-order valence-electron chi connectivity index (χ3n) is 5.87. The molecule has 1 heterocycles. The molecule has 0 saturated carbocycles. The van der Waals surface area contributed by atoms with Crippen LogP contribution in [0, 0.1) is 0 Å². The number of para-hydroxylation sites is 1. The molecule has 0 saturated heterocycles. The van der Waals surface area contributed by atoms with Crippen molar-refractivity contribution in [3.8, 4) is 0 Å². The maximum absolute atomic E-state index is 13.9. The van der Waals surface area contributed by atoms with Crippen molar-refractivity contribution in [2.45, 2.75) is 38.3 Å². The number of carbonyl (C=O) groups excluding carboxylic acids is 2. The van der Waals surface area contributed by atoms with Gasteiger partial charge in [0, 0.05) is 17.7 Å². The smallest absolute Gasteiger partial charge is 0.418 e. The van der Waals surface area contributed by atoms with Gasteiger partial charge in [-0.15, -0.1) is 0 Å². The minimum atomic E-state index is -4.66. The number of halogens is 3. The molecule has 4 rings (SSSR count). The molecule has 0 spiro atoms. The predicted molar refractivity (Wildman–Crippen MR) is 117 cm³/mol. The number of esters is 1. The molecule has 2 N–H and O–H groups in total.